The zero-order valence-electron chi connectivity index (χ0n) is 20.7. The molecule has 1 N–H and O–H groups in total. The first-order chi connectivity index (χ1) is 17.8. The topological polar surface area (TPSA) is 126 Å². The van der Waals surface area contributed by atoms with Crippen molar-refractivity contribution in [2.24, 2.45) is 0 Å². The Morgan fingerprint density at radius 2 is 1.53 bits per heavy atom. The molecular formula is C25H26Cl3NO9. The second kappa shape index (κ2) is 12.9. The van der Waals surface area contributed by atoms with Crippen molar-refractivity contribution in [1.82, 2.24) is 5.32 Å². The number of hydrogen-bond acceptors (Lipinski definition) is 9. The van der Waals surface area contributed by atoms with Crippen molar-refractivity contribution in [3.63, 3.8) is 0 Å². The fourth-order valence-corrected chi connectivity index (χ4v) is 4.10. The second-order valence-electron chi connectivity index (χ2n) is 8.48. The van der Waals surface area contributed by atoms with Crippen molar-refractivity contribution in [1.29, 1.82) is 0 Å². The smallest absolute Gasteiger partial charge is 0.303 e. The van der Waals surface area contributed by atoms with Crippen LogP contribution in [0.4, 0.5) is 0 Å². The monoisotopic (exact) mass is 589 g/mol. The first-order valence-corrected chi connectivity index (χ1v) is 12.6. The summed E-state index contributed by atoms with van der Waals surface area (Å²) >= 11 is 17.3. The van der Waals surface area contributed by atoms with Crippen LogP contribution < -0.4 is 5.32 Å². The summed E-state index contributed by atoms with van der Waals surface area (Å²) in [5.74, 6) is -3.20. The normalized spacial score (nSPS) is 23.4. The summed E-state index contributed by atoms with van der Waals surface area (Å²) in [6.07, 6.45) is -5.11. The van der Waals surface area contributed by atoms with E-state index in [9.17, 15) is 19.2 Å². The van der Waals surface area contributed by atoms with Gasteiger partial charge in [-0.25, -0.2) is 0 Å². The third-order valence-electron chi connectivity index (χ3n) is 5.48. The number of hydrogen-bond donors (Lipinski definition) is 1. The number of alkyl halides is 3. The first kappa shape index (κ1) is 29.9. The van der Waals surface area contributed by atoms with Gasteiger partial charge in [-0.2, -0.15) is 0 Å². The summed E-state index contributed by atoms with van der Waals surface area (Å²) in [6, 6.07) is 12.1. The number of carbonyl (C=O) groups is 4. The van der Waals surface area contributed by atoms with E-state index in [0.29, 0.717) is 0 Å². The van der Waals surface area contributed by atoms with Gasteiger partial charge in [-0.3, -0.25) is 19.2 Å². The van der Waals surface area contributed by atoms with Crippen LogP contribution in [0.2, 0.25) is 0 Å². The van der Waals surface area contributed by atoms with Gasteiger partial charge in [0.2, 0.25) is 0 Å². The van der Waals surface area contributed by atoms with E-state index in [0.717, 1.165) is 30.2 Å². The first-order valence-electron chi connectivity index (χ1n) is 11.5. The second-order valence-corrected chi connectivity index (χ2v) is 10.8. The number of ether oxygens (including phenoxy) is 5. The highest BCUT2D eigenvalue weighted by Gasteiger charge is 2.52. The lowest BCUT2D eigenvalue weighted by atomic mass is 9.96. The molecule has 1 fully saturated rings. The summed E-state index contributed by atoms with van der Waals surface area (Å²) in [5.41, 5.74) is 0.765. The van der Waals surface area contributed by atoms with E-state index >= 15 is 0 Å². The molecular weight excluding hydrogens is 565 g/mol. The Labute approximate surface area is 233 Å². The summed E-state index contributed by atoms with van der Waals surface area (Å²) in [7, 11) is 0. The van der Waals surface area contributed by atoms with E-state index in [-0.39, 0.29) is 13.2 Å². The molecule has 5 atom stereocenters. The van der Waals surface area contributed by atoms with Crippen LogP contribution in [0.25, 0.3) is 10.8 Å². The van der Waals surface area contributed by atoms with E-state index in [1.807, 2.05) is 42.5 Å². The van der Waals surface area contributed by atoms with Gasteiger partial charge < -0.3 is 29.0 Å². The SMILES string of the molecule is CC(=O)OC[C@H]1O[C@H](OCc2ccc3ccccc3c2)[C@@H](NC(=O)C(Cl)(Cl)Cl)[C@H](OC(C)=O)[C@@H]1OC(C)=O. The maximum atomic E-state index is 12.6. The zero-order chi connectivity index (χ0) is 28.0. The number of nitrogens with one attached hydrogen (secondary N) is 1. The van der Waals surface area contributed by atoms with Crippen LogP contribution >= 0.6 is 34.8 Å². The highest BCUT2D eigenvalue weighted by Crippen LogP contribution is 2.31. The average molecular weight is 591 g/mol. The van der Waals surface area contributed by atoms with Crippen LogP contribution in [0, 0.1) is 0 Å². The maximum absolute atomic E-state index is 12.6. The van der Waals surface area contributed by atoms with Gasteiger partial charge in [0.1, 0.15) is 18.8 Å². The van der Waals surface area contributed by atoms with Crippen molar-refractivity contribution in [3.05, 3.63) is 48.0 Å². The fourth-order valence-electron chi connectivity index (χ4n) is 3.94. The molecule has 1 amide bonds. The molecule has 0 aromatic heterocycles. The molecule has 13 heteroatoms. The molecule has 1 aliphatic rings. The molecule has 0 spiro atoms. The molecule has 1 heterocycles. The number of carbonyl (C=O) groups excluding carboxylic acids is 4. The third-order valence-corrected chi connectivity index (χ3v) is 6.00. The number of halogens is 3. The number of amides is 1. The van der Waals surface area contributed by atoms with Gasteiger partial charge in [0.25, 0.3) is 9.70 Å². The lowest BCUT2D eigenvalue weighted by molar-refractivity contribution is -0.280. The van der Waals surface area contributed by atoms with Gasteiger partial charge in [0.05, 0.1) is 6.61 Å². The van der Waals surface area contributed by atoms with Crippen LogP contribution in [-0.2, 0) is 49.5 Å². The lowest BCUT2D eigenvalue weighted by Crippen LogP contribution is -2.67. The Bertz CT molecular complexity index is 1190. The van der Waals surface area contributed by atoms with Crippen molar-refractivity contribution in [2.75, 3.05) is 6.61 Å². The van der Waals surface area contributed by atoms with Crippen molar-refractivity contribution < 1.29 is 42.9 Å². The van der Waals surface area contributed by atoms with Crippen LogP contribution in [0.5, 0.6) is 0 Å². The average Bonchev–Trinajstić information content (AvgIpc) is 2.83. The quantitative estimate of drug-likeness (QED) is 0.280. The van der Waals surface area contributed by atoms with E-state index < -0.39 is 58.3 Å². The summed E-state index contributed by atoms with van der Waals surface area (Å²) < 4.78 is 25.5. The number of benzene rings is 2. The van der Waals surface area contributed by atoms with E-state index in [4.69, 9.17) is 58.5 Å². The highest BCUT2D eigenvalue weighted by molar-refractivity contribution is 6.76. The van der Waals surface area contributed by atoms with Crippen LogP contribution in [0.15, 0.2) is 42.5 Å². The maximum Gasteiger partial charge on any atom is 0.303 e. The molecule has 0 unspecified atom stereocenters. The van der Waals surface area contributed by atoms with Crippen LogP contribution in [0.3, 0.4) is 0 Å². The predicted molar refractivity (Wildman–Crippen MR) is 137 cm³/mol. The molecule has 3 rings (SSSR count). The molecule has 0 radical (unpaired) electrons. The predicted octanol–water partition coefficient (Wildman–Crippen LogP) is 3.36. The lowest BCUT2D eigenvalue weighted by Gasteiger charge is -2.45. The Morgan fingerprint density at radius 1 is 0.895 bits per heavy atom. The van der Waals surface area contributed by atoms with Gasteiger partial charge >= 0.3 is 17.9 Å². The minimum absolute atomic E-state index is 0.000941. The van der Waals surface area contributed by atoms with E-state index in [1.165, 1.54) is 6.92 Å². The van der Waals surface area contributed by atoms with Crippen LogP contribution in [0.1, 0.15) is 26.3 Å². The largest absolute Gasteiger partial charge is 0.463 e. The molecule has 0 aliphatic carbocycles. The van der Waals surface area contributed by atoms with Crippen molar-refractivity contribution in [3.8, 4) is 0 Å². The van der Waals surface area contributed by atoms with Gasteiger partial charge in [-0.05, 0) is 22.4 Å². The summed E-state index contributed by atoms with van der Waals surface area (Å²) in [6.45, 7) is 3.07. The Balaban J connectivity index is 1.96. The third kappa shape index (κ3) is 8.18. The minimum atomic E-state index is -2.38. The number of esters is 3. The molecule has 2 aromatic rings. The van der Waals surface area contributed by atoms with Crippen molar-refractivity contribution in [2.45, 2.75) is 61.8 Å². The van der Waals surface area contributed by atoms with Gasteiger partial charge in [0.15, 0.2) is 18.5 Å². The summed E-state index contributed by atoms with van der Waals surface area (Å²) in [4.78, 5) is 48.1. The van der Waals surface area contributed by atoms with Gasteiger partial charge in [-0.15, -0.1) is 0 Å². The van der Waals surface area contributed by atoms with Crippen molar-refractivity contribution >= 4 is 69.4 Å². The van der Waals surface area contributed by atoms with Gasteiger partial charge in [-0.1, -0.05) is 71.2 Å². The highest BCUT2D eigenvalue weighted by atomic mass is 35.6. The minimum Gasteiger partial charge on any atom is -0.463 e. The summed E-state index contributed by atoms with van der Waals surface area (Å²) in [5, 5.41) is 4.46. The molecule has 206 valence electrons. The zero-order valence-corrected chi connectivity index (χ0v) is 22.9. The number of rotatable bonds is 8. The van der Waals surface area contributed by atoms with E-state index in [2.05, 4.69) is 5.32 Å². The molecule has 0 saturated carbocycles. The Hall–Kier alpha value is -2.63. The molecule has 1 aliphatic heterocycles. The van der Waals surface area contributed by atoms with Gasteiger partial charge in [0, 0.05) is 20.8 Å². The standard InChI is InChI=1S/C25H26Cl3NO9/c1-13(30)34-12-19-21(36-14(2)31)22(37-15(3)32)20(29-24(33)25(26,27)28)23(38-19)35-11-16-8-9-17-6-4-5-7-18(17)10-16/h4-10,19-23H,11-12H2,1-3H3,(H,29,33)/t19-,20+,21-,22+,23+/m1/s1. The molecule has 10 nitrogen and oxygen atoms in total. The molecule has 2 aromatic carbocycles. The molecule has 38 heavy (non-hydrogen) atoms. The Morgan fingerprint density at radius 3 is 2.13 bits per heavy atom. The molecule has 1 saturated heterocycles. The molecule has 0 bridgehead atoms. The Kier molecular flexibility index (Phi) is 10.2. The number of fused-ring (bicyclic) bond motifs is 1. The van der Waals surface area contributed by atoms with Crippen LogP contribution in [-0.4, -0.2) is 64.9 Å². The fraction of sp³-hybridized carbons (Fsp3) is 0.440. The van der Waals surface area contributed by atoms with E-state index in [1.54, 1.807) is 0 Å².